The van der Waals surface area contributed by atoms with Crippen molar-refractivity contribution < 1.29 is 30.8 Å². The predicted octanol–water partition coefficient (Wildman–Crippen LogP) is 2.25. The van der Waals surface area contributed by atoms with E-state index in [1.165, 1.54) is 12.1 Å². The number of anilines is 1. The zero-order chi connectivity index (χ0) is 19.4. The van der Waals surface area contributed by atoms with Gasteiger partial charge in [0.05, 0.1) is 16.3 Å². The summed E-state index contributed by atoms with van der Waals surface area (Å²) in [6, 6.07) is 13.7. The average molecular weight is 619 g/mol. The number of benzene rings is 2. The van der Waals surface area contributed by atoms with Crippen LogP contribution in [0, 0.1) is 0 Å². The maximum atomic E-state index is 11.2. The van der Waals surface area contributed by atoms with Crippen molar-refractivity contribution in [1.82, 2.24) is 4.90 Å². The second-order valence-electron chi connectivity index (χ2n) is 6.09. The fourth-order valence-electron chi connectivity index (χ4n) is 2.74. The molecule has 1 heterocycles. The van der Waals surface area contributed by atoms with Crippen LogP contribution in [-0.2, 0) is 57.7 Å². The van der Waals surface area contributed by atoms with Gasteiger partial charge in [0.25, 0.3) is 0 Å². The van der Waals surface area contributed by atoms with Gasteiger partial charge in [0.2, 0.25) is 10.0 Å². The van der Waals surface area contributed by atoms with E-state index in [0.717, 1.165) is 31.9 Å². The molecule has 0 atom stereocenters. The summed E-state index contributed by atoms with van der Waals surface area (Å²) in [4.78, 5) is 4.45. The molecule has 0 saturated carbocycles. The maximum Gasteiger partial charge on any atom is 0.238 e. The molecule has 2 N–H and O–H groups in total. The molecular formula is C17H19AuN5O2S3-2. The van der Waals surface area contributed by atoms with Crippen LogP contribution in [0.15, 0.2) is 63.7 Å². The number of piperazine rings is 1. The summed E-state index contributed by atoms with van der Waals surface area (Å²) in [6.45, 7) is 3.52. The first-order valence-electron chi connectivity index (χ1n) is 8.28. The molecule has 28 heavy (non-hydrogen) atoms. The summed E-state index contributed by atoms with van der Waals surface area (Å²) < 4.78 is 22.2. The van der Waals surface area contributed by atoms with Gasteiger partial charge in [-0.15, -0.1) is 0 Å². The standard InChI is InChI=1S/C17H21N5O2S3.Au/c18-27(23,24)16-7-3-14(4-8-16)20-19-13-1-5-15(6-2-13)21-9-11-22(12-10-21)17(25)26;/h1-8,17,25-26H,9-12H2,(H2,18,23,24);/p-2. The summed E-state index contributed by atoms with van der Waals surface area (Å²) in [5.74, 6) is 0. The van der Waals surface area contributed by atoms with Crippen molar-refractivity contribution in [3.05, 3.63) is 48.5 Å². The summed E-state index contributed by atoms with van der Waals surface area (Å²) >= 11 is 10.3. The largest absolute Gasteiger partial charge is 0.800 e. The van der Waals surface area contributed by atoms with Crippen LogP contribution in [0.1, 0.15) is 0 Å². The Morgan fingerprint density at radius 3 is 1.75 bits per heavy atom. The normalized spacial score (nSPS) is 15.8. The monoisotopic (exact) mass is 618 g/mol. The Balaban J connectivity index is 0.00000280. The van der Waals surface area contributed by atoms with Crippen molar-refractivity contribution >= 4 is 52.3 Å². The van der Waals surface area contributed by atoms with E-state index in [2.05, 4.69) is 20.0 Å². The smallest absolute Gasteiger partial charge is 0.238 e. The molecule has 0 spiro atoms. The van der Waals surface area contributed by atoms with Crippen molar-refractivity contribution in [2.24, 2.45) is 15.4 Å². The van der Waals surface area contributed by atoms with Gasteiger partial charge in [-0.1, -0.05) is 0 Å². The van der Waals surface area contributed by atoms with Gasteiger partial charge < -0.3 is 35.1 Å². The molecule has 0 aliphatic carbocycles. The van der Waals surface area contributed by atoms with Gasteiger partial charge in [0.1, 0.15) is 0 Å². The molecule has 11 heteroatoms. The maximum absolute atomic E-state index is 11.2. The number of sulfonamides is 1. The fourth-order valence-corrected chi connectivity index (χ4v) is 3.68. The average Bonchev–Trinajstić information content (AvgIpc) is 2.66. The first kappa shape index (κ1) is 23.4. The minimum absolute atomic E-state index is 0. The Morgan fingerprint density at radius 2 is 1.32 bits per heavy atom. The van der Waals surface area contributed by atoms with Crippen LogP contribution in [0.4, 0.5) is 17.1 Å². The number of azo groups is 1. The van der Waals surface area contributed by atoms with Gasteiger partial charge in [0.15, 0.2) is 0 Å². The van der Waals surface area contributed by atoms with E-state index in [-0.39, 0.29) is 32.0 Å². The van der Waals surface area contributed by atoms with Crippen LogP contribution in [-0.4, -0.2) is 44.2 Å². The Morgan fingerprint density at radius 1 is 0.857 bits per heavy atom. The predicted molar refractivity (Wildman–Crippen MR) is 111 cm³/mol. The molecule has 0 bridgehead atoms. The van der Waals surface area contributed by atoms with E-state index in [1.807, 2.05) is 24.3 Å². The van der Waals surface area contributed by atoms with Crippen molar-refractivity contribution in [2.45, 2.75) is 9.60 Å². The number of hydrogen-bond donors (Lipinski definition) is 1. The third-order valence-electron chi connectivity index (χ3n) is 4.27. The second kappa shape index (κ2) is 10.3. The first-order valence-corrected chi connectivity index (χ1v) is 10.8. The van der Waals surface area contributed by atoms with Gasteiger partial charge in [-0.25, -0.2) is 18.3 Å². The van der Waals surface area contributed by atoms with E-state index in [1.54, 1.807) is 12.1 Å². The number of nitrogens with two attached hydrogens (primary N) is 1. The Bertz CT molecular complexity index is 897. The van der Waals surface area contributed by atoms with Gasteiger partial charge in [0, 0.05) is 54.2 Å². The minimum atomic E-state index is -3.70. The molecule has 1 aliphatic rings. The topological polar surface area (TPSA) is 91.4 Å². The number of nitrogens with zero attached hydrogens (tertiary/aromatic N) is 4. The van der Waals surface area contributed by atoms with Gasteiger partial charge in [-0.05, 0) is 48.5 Å². The SMILES string of the molecule is NS(=O)(=O)c1ccc(N=Nc2ccc(N3CCN(C([S-])[S-])CC3)cc2)cc1.[Au]. The van der Waals surface area contributed by atoms with Gasteiger partial charge >= 0.3 is 0 Å². The third kappa shape index (κ3) is 6.33. The van der Waals surface area contributed by atoms with E-state index in [0.29, 0.717) is 11.4 Å². The molecule has 155 valence electrons. The van der Waals surface area contributed by atoms with Crippen LogP contribution in [0.3, 0.4) is 0 Å². The molecule has 0 aromatic heterocycles. The quantitative estimate of drug-likeness (QED) is 0.314. The zero-order valence-corrected chi connectivity index (χ0v) is 19.3. The molecular weight excluding hydrogens is 599 g/mol. The molecule has 2 aromatic carbocycles. The van der Waals surface area contributed by atoms with Gasteiger partial charge in [-0.3, -0.25) is 0 Å². The van der Waals surface area contributed by atoms with Crippen molar-refractivity contribution in [2.75, 3.05) is 31.1 Å². The minimum Gasteiger partial charge on any atom is -0.800 e. The summed E-state index contributed by atoms with van der Waals surface area (Å²) in [5.41, 5.74) is 2.38. The Hall–Kier alpha value is -0.850. The number of hydrogen-bond acceptors (Lipinski definition) is 8. The van der Waals surface area contributed by atoms with Crippen LogP contribution < -0.4 is 10.0 Å². The molecule has 1 saturated heterocycles. The summed E-state index contributed by atoms with van der Waals surface area (Å²) in [7, 11) is -3.70. The van der Waals surface area contributed by atoms with E-state index < -0.39 is 10.0 Å². The zero-order valence-electron chi connectivity index (χ0n) is 14.7. The van der Waals surface area contributed by atoms with E-state index in [4.69, 9.17) is 30.4 Å². The van der Waals surface area contributed by atoms with E-state index >= 15 is 0 Å². The van der Waals surface area contributed by atoms with Crippen molar-refractivity contribution in [3.63, 3.8) is 0 Å². The van der Waals surface area contributed by atoms with Crippen molar-refractivity contribution in [3.8, 4) is 0 Å². The molecule has 1 fully saturated rings. The second-order valence-corrected chi connectivity index (χ2v) is 8.84. The summed E-state index contributed by atoms with van der Waals surface area (Å²) in [6.07, 6.45) is 0. The molecule has 1 aliphatic heterocycles. The van der Waals surface area contributed by atoms with Crippen LogP contribution >= 0.6 is 0 Å². The molecule has 1 radical (unpaired) electrons. The number of rotatable bonds is 5. The molecule has 0 unspecified atom stereocenters. The number of primary sulfonamides is 1. The van der Waals surface area contributed by atoms with E-state index in [9.17, 15) is 8.42 Å². The molecule has 2 aromatic rings. The fraction of sp³-hybridized carbons (Fsp3) is 0.294. The van der Waals surface area contributed by atoms with Gasteiger partial charge in [-0.2, -0.15) is 10.2 Å². The Labute approximate surface area is 191 Å². The molecule has 0 amide bonds. The molecule has 7 nitrogen and oxygen atoms in total. The first-order chi connectivity index (χ1) is 12.8. The van der Waals surface area contributed by atoms with Crippen LogP contribution in [0.25, 0.3) is 0 Å². The Kier molecular flexibility index (Phi) is 8.59. The van der Waals surface area contributed by atoms with Crippen LogP contribution in [0.2, 0.25) is 0 Å². The molecule has 3 rings (SSSR count). The van der Waals surface area contributed by atoms with Crippen molar-refractivity contribution in [1.29, 1.82) is 0 Å². The summed E-state index contributed by atoms with van der Waals surface area (Å²) in [5, 5.41) is 13.4. The third-order valence-corrected chi connectivity index (χ3v) is 5.80. The van der Waals surface area contributed by atoms with Crippen LogP contribution in [0.5, 0.6) is 0 Å².